The highest BCUT2D eigenvalue weighted by Crippen LogP contribution is 2.28. The van der Waals surface area contributed by atoms with Gasteiger partial charge in [-0.3, -0.25) is 4.79 Å². The first kappa shape index (κ1) is 16.5. The Morgan fingerprint density at radius 2 is 2.09 bits per heavy atom. The number of amides is 1. The lowest BCUT2D eigenvalue weighted by Crippen LogP contribution is -2.18. The minimum Gasteiger partial charge on any atom is -0.504 e. The number of carbonyl (C=O) groups is 1. The molecule has 0 aliphatic carbocycles. The standard InChI is InChI=1S/C18H20N2O3/c1-4-23-16-7-5-6-14(17(16)21)11-19-20-18(22)15-9-8-12(2)10-13(15)3/h5-11,21H,4H2,1-3H3,(H,20,22). The number of hydrazone groups is 1. The predicted molar refractivity (Wildman–Crippen MR) is 90.3 cm³/mol. The van der Waals surface area contributed by atoms with E-state index >= 15 is 0 Å². The molecule has 0 bridgehead atoms. The summed E-state index contributed by atoms with van der Waals surface area (Å²) in [6.45, 7) is 6.14. The summed E-state index contributed by atoms with van der Waals surface area (Å²) in [4.78, 5) is 12.1. The van der Waals surface area contributed by atoms with Crippen molar-refractivity contribution >= 4 is 12.1 Å². The number of nitrogens with one attached hydrogen (secondary N) is 1. The number of phenolic OH excluding ortho intramolecular Hbond substituents is 1. The Morgan fingerprint density at radius 1 is 1.30 bits per heavy atom. The van der Waals surface area contributed by atoms with Gasteiger partial charge in [-0.1, -0.05) is 23.8 Å². The Kier molecular flexibility index (Phi) is 5.36. The minimum atomic E-state index is -0.292. The van der Waals surface area contributed by atoms with Gasteiger partial charge in [0.05, 0.1) is 12.8 Å². The molecule has 120 valence electrons. The van der Waals surface area contributed by atoms with Crippen molar-refractivity contribution < 1.29 is 14.6 Å². The SMILES string of the molecule is CCOc1cccc(C=NNC(=O)c2ccc(C)cc2C)c1O. The van der Waals surface area contributed by atoms with Gasteiger partial charge in [-0.15, -0.1) is 0 Å². The van der Waals surface area contributed by atoms with Crippen LogP contribution in [-0.2, 0) is 0 Å². The molecule has 2 aromatic rings. The van der Waals surface area contributed by atoms with E-state index in [0.29, 0.717) is 23.5 Å². The number of rotatable bonds is 5. The Morgan fingerprint density at radius 3 is 2.78 bits per heavy atom. The van der Waals surface area contributed by atoms with Crippen LogP contribution in [-0.4, -0.2) is 23.8 Å². The second-order valence-corrected chi connectivity index (χ2v) is 5.14. The number of benzene rings is 2. The Bertz CT molecular complexity index is 739. The van der Waals surface area contributed by atoms with Crippen molar-refractivity contribution in [2.45, 2.75) is 20.8 Å². The van der Waals surface area contributed by atoms with Gasteiger partial charge in [0.25, 0.3) is 5.91 Å². The molecule has 5 nitrogen and oxygen atoms in total. The lowest BCUT2D eigenvalue weighted by Gasteiger charge is -2.07. The van der Waals surface area contributed by atoms with E-state index in [1.165, 1.54) is 6.21 Å². The molecule has 0 aliphatic rings. The topological polar surface area (TPSA) is 70.9 Å². The highest BCUT2D eigenvalue weighted by atomic mass is 16.5. The number of ether oxygens (including phenoxy) is 1. The summed E-state index contributed by atoms with van der Waals surface area (Å²) in [6.07, 6.45) is 1.39. The van der Waals surface area contributed by atoms with Gasteiger partial charge in [0.15, 0.2) is 11.5 Å². The molecule has 2 N–H and O–H groups in total. The molecule has 0 spiro atoms. The zero-order valence-electron chi connectivity index (χ0n) is 13.5. The first-order valence-corrected chi connectivity index (χ1v) is 7.38. The molecule has 0 fully saturated rings. The zero-order chi connectivity index (χ0) is 16.8. The molecule has 0 radical (unpaired) electrons. The molecule has 0 atom stereocenters. The van der Waals surface area contributed by atoms with Gasteiger partial charge in [-0.05, 0) is 44.5 Å². The summed E-state index contributed by atoms with van der Waals surface area (Å²) in [7, 11) is 0. The fourth-order valence-electron chi connectivity index (χ4n) is 2.20. The van der Waals surface area contributed by atoms with E-state index in [0.717, 1.165) is 11.1 Å². The van der Waals surface area contributed by atoms with E-state index in [1.54, 1.807) is 24.3 Å². The summed E-state index contributed by atoms with van der Waals surface area (Å²) in [5.74, 6) is 0.0928. The van der Waals surface area contributed by atoms with E-state index in [2.05, 4.69) is 10.5 Å². The number of carbonyl (C=O) groups excluding carboxylic acids is 1. The van der Waals surface area contributed by atoms with Crippen LogP contribution in [0.4, 0.5) is 0 Å². The van der Waals surface area contributed by atoms with Crippen LogP contribution in [0.3, 0.4) is 0 Å². The summed E-state index contributed by atoms with van der Waals surface area (Å²) in [6, 6.07) is 10.7. The van der Waals surface area contributed by atoms with Crippen LogP contribution in [0.1, 0.15) is 34.0 Å². The molecule has 0 saturated heterocycles. The highest BCUT2D eigenvalue weighted by molar-refractivity contribution is 5.96. The van der Waals surface area contributed by atoms with Gasteiger partial charge in [-0.25, -0.2) is 5.43 Å². The molecular weight excluding hydrogens is 292 g/mol. The molecule has 0 unspecified atom stereocenters. The maximum Gasteiger partial charge on any atom is 0.271 e. The second-order valence-electron chi connectivity index (χ2n) is 5.14. The number of nitrogens with zero attached hydrogens (tertiary/aromatic N) is 1. The summed E-state index contributed by atoms with van der Waals surface area (Å²) < 4.78 is 5.30. The third kappa shape index (κ3) is 4.10. The van der Waals surface area contributed by atoms with Crippen LogP contribution in [0, 0.1) is 13.8 Å². The number of aromatic hydroxyl groups is 1. The number of aryl methyl sites for hydroxylation is 2. The van der Waals surface area contributed by atoms with Crippen LogP contribution in [0.25, 0.3) is 0 Å². The summed E-state index contributed by atoms with van der Waals surface area (Å²) >= 11 is 0. The van der Waals surface area contributed by atoms with Gasteiger partial charge in [0.2, 0.25) is 0 Å². The van der Waals surface area contributed by atoms with Crippen LogP contribution in [0.2, 0.25) is 0 Å². The molecular formula is C18H20N2O3. The van der Waals surface area contributed by atoms with Gasteiger partial charge >= 0.3 is 0 Å². The van der Waals surface area contributed by atoms with Crippen LogP contribution < -0.4 is 10.2 Å². The number of hydrogen-bond donors (Lipinski definition) is 2. The predicted octanol–water partition coefficient (Wildman–Crippen LogP) is 3.17. The fourth-order valence-corrected chi connectivity index (χ4v) is 2.20. The van der Waals surface area contributed by atoms with E-state index in [4.69, 9.17) is 4.74 Å². The molecule has 0 saturated carbocycles. The third-order valence-electron chi connectivity index (χ3n) is 3.33. The molecule has 2 aromatic carbocycles. The largest absolute Gasteiger partial charge is 0.504 e. The monoisotopic (exact) mass is 312 g/mol. The van der Waals surface area contributed by atoms with Crippen LogP contribution in [0.5, 0.6) is 11.5 Å². The van der Waals surface area contributed by atoms with Crippen molar-refractivity contribution in [1.29, 1.82) is 0 Å². The molecule has 0 heterocycles. The maximum atomic E-state index is 12.1. The number of phenols is 1. The van der Waals surface area contributed by atoms with E-state index in [9.17, 15) is 9.90 Å². The molecule has 5 heteroatoms. The zero-order valence-corrected chi connectivity index (χ0v) is 13.5. The van der Waals surface area contributed by atoms with Crippen molar-refractivity contribution in [3.8, 4) is 11.5 Å². The minimum absolute atomic E-state index is 0.00105. The highest BCUT2D eigenvalue weighted by Gasteiger charge is 2.08. The Balaban J connectivity index is 2.10. The normalized spacial score (nSPS) is 10.7. The van der Waals surface area contributed by atoms with Crippen molar-refractivity contribution in [2.24, 2.45) is 5.10 Å². The molecule has 2 rings (SSSR count). The lowest BCUT2D eigenvalue weighted by molar-refractivity contribution is 0.0954. The Labute approximate surface area is 135 Å². The van der Waals surface area contributed by atoms with Crippen molar-refractivity contribution in [2.75, 3.05) is 6.61 Å². The van der Waals surface area contributed by atoms with Gasteiger partial charge in [0.1, 0.15) is 0 Å². The number of hydrogen-bond acceptors (Lipinski definition) is 4. The van der Waals surface area contributed by atoms with Crippen LogP contribution >= 0.6 is 0 Å². The van der Waals surface area contributed by atoms with E-state index in [-0.39, 0.29) is 11.7 Å². The first-order valence-electron chi connectivity index (χ1n) is 7.38. The van der Waals surface area contributed by atoms with E-state index < -0.39 is 0 Å². The second kappa shape index (κ2) is 7.45. The molecule has 0 aromatic heterocycles. The molecule has 23 heavy (non-hydrogen) atoms. The fraction of sp³-hybridized carbons (Fsp3) is 0.222. The first-order chi connectivity index (χ1) is 11.0. The average Bonchev–Trinajstić information content (AvgIpc) is 2.51. The quantitative estimate of drug-likeness (QED) is 0.658. The summed E-state index contributed by atoms with van der Waals surface area (Å²) in [5, 5.41) is 14.0. The Hall–Kier alpha value is -2.82. The van der Waals surface area contributed by atoms with E-state index in [1.807, 2.05) is 32.9 Å². The van der Waals surface area contributed by atoms with Crippen LogP contribution in [0.15, 0.2) is 41.5 Å². The van der Waals surface area contributed by atoms with Gasteiger partial charge in [-0.2, -0.15) is 5.10 Å². The smallest absolute Gasteiger partial charge is 0.271 e. The lowest BCUT2D eigenvalue weighted by atomic mass is 10.1. The average molecular weight is 312 g/mol. The molecule has 0 aliphatic heterocycles. The summed E-state index contributed by atoms with van der Waals surface area (Å²) in [5.41, 5.74) is 5.49. The third-order valence-corrected chi connectivity index (χ3v) is 3.33. The number of para-hydroxylation sites is 1. The van der Waals surface area contributed by atoms with Crippen molar-refractivity contribution in [3.63, 3.8) is 0 Å². The maximum absolute atomic E-state index is 12.1. The van der Waals surface area contributed by atoms with Crippen molar-refractivity contribution in [1.82, 2.24) is 5.43 Å². The van der Waals surface area contributed by atoms with Gasteiger partial charge in [0, 0.05) is 11.1 Å². The van der Waals surface area contributed by atoms with Crippen molar-refractivity contribution in [3.05, 3.63) is 58.7 Å². The van der Waals surface area contributed by atoms with Gasteiger partial charge < -0.3 is 9.84 Å². The molecule has 1 amide bonds.